The topological polar surface area (TPSA) is 79.2 Å². The fraction of sp³-hybridized carbons (Fsp3) is 0.100. The molecule has 0 radical (unpaired) electrons. The third-order valence-electron chi connectivity index (χ3n) is 4.43. The summed E-state index contributed by atoms with van der Waals surface area (Å²) < 4.78 is 12.0. The van der Waals surface area contributed by atoms with Crippen molar-refractivity contribution < 1.29 is 22.6 Å². The van der Waals surface area contributed by atoms with Gasteiger partial charge in [0, 0.05) is 5.19 Å². The van der Waals surface area contributed by atoms with Crippen molar-refractivity contribution in [1.82, 2.24) is 0 Å². The largest absolute Gasteiger partial charge is 0.517 e. The van der Waals surface area contributed by atoms with Crippen molar-refractivity contribution in [2.45, 2.75) is 13.1 Å². The van der Waals surface area contributed by atoms with Gasteiger partial charge in [-0.15, -0.1) is 0 Å². The standard InChI is InChI=1S/C20H24O5Si3/c1-26(21,18-12-6-3-7-13-18)24-28(23,20-16-10-5-11-17-20)25-27(2,22)19-14-8-4-9-15-19/h3-17,21-23H,1-2H3. The SMILES string of the molecule is C[Si](O)(O[Si](O)(O[Si](C)(O)c1ccccc1)c1ccccc1)c1ccccc1. The highest BCUT2D eigenvalue weighted by atomic mass is 28.5. The molecular formula is C20H24O5Si3. The Labute approximate surface area is 168 Å². The fourth-order valence-electron chi connectivity index (χ4n) is 2.94. The van der Waals surface area contributed by atoms with Crippen molar-refractivity contribution in [1.29, 1.82) is 0 Å². The molecule has 0 amide bonds. The van der Waals surface area contributed by atoms with E-state index >= 15 is 0 Å². The van der Waals surface area contributed by atoms with Crippen LogP contribution in [0.4, 0.5) is 0 Å². The average molecular weight is 429 g/mol. The molecule has 0 fully saturated rings. The first-order valence-corrected chi connectivity index (χ1v) is 15.4. The van der Waals surface area contributed by atoms with Crippen molar-refractivity contribution in [2.24, 2.45) is 0 Å². The van der Waals surface area contributed by atoms with Crippen molar-refractivity contribution >= 4 is 41.5 Å². The maximum Gasteiger partial charge on any atom is 0.517 e. The Morgan fingerprint density at radius 3 is 1.11 bits per heavy atom. The van der Waals surface area contributed by atoms with Crippen LogP contribution in [0.2, 0.25) is 13.1 Å². The summed E-state index contributed by atoms with van der Waals surface area (Å²) >= 11 is 0. The zero-order valence-corrected chi connectivity index (χ0v) is 18.8. The lowest BCUT2D eigenvalue weighted by molar-refractivity contribution is 0.219. The molecule has 3 aromatic rings. The van der Waals surface area contributed by atoms with E-state index in [1.807, 2.05) is 18.2 Å². The monoisotopic (exact) mass is 428 g/mol. The summed E-state index contributed by atoms with van der Waals surface area (Å²) in [5, 5.41) is 1.66. The predicted octanol–water partition coefficient (Wildman–Crippen LogP) is 0.801. The van der Waals surface area contributed by atoms with Crippen LogP contribution in [0.3, 0.4) is 0 Å². The minimum Gasteiger partial charge on any atom is -0.408 e. The molecule has 146 valence electrons. The number of hydrogen-bond acceptors (Lipinski definition) is 5. The molecule has 3 aromatic carbocycles. The maximum atomic E-state index is 11.5. The van der Waals surface area contributed by atoms with Gasteiger partial charge in [-0.25, -0.2) is 0 Å². The first-order chi connectivity index (χ1) is 13.2. The highest BCUT2D eigenvalue weighted by Crippen LogP contribution is 2.17. The van der Waals surface area contributed by atoms with Gasteiger partial charge in [-0.2, -0.15) is 0 Å². The second-order valence-corrected chi connectivity index (χ2v) is 15.3. The van der Waals surface area contributed by atoms with E-state index in [4.69, 9.17) is 8.23 Å². The number of benzene rings is 3. The molecule has 0 spiro atoms. The predicted molar refractivity (Wildman–Crippen MR) is 116 cm³/mol. The van der Waals surface area contributed by atoms with Gasteiger partial charge in [-0.1, -0.05) is 91.0 Å². The Balaban J connectivity index is 1.99. The van der Waals surface area contributed by atoms with E-state index in [2.05, 4.69) is 0 Å². The Morgan fingerprint density at radius 2 is 0.786 bits per heavy atom. The summed E-state index contributed by atoms with van der Waals surface area (Å²) in [6, 6.07) is 26.7. The summed E-state index contributed by atoms with van der Waals surface area (Å²) in [5.74, 6) is 0. The first-order valence-electron chi connectivity index (χ1n) is 8.97. The molecule has 3 N–H and O–H groups in total. The van der Waals surface area contributed by atoms with Crippen LogP contribution in [0, 0.1) is 0 Å². The fourth-order valence-corrected chi connectivity index (χ4v) is 11.9. The third kappa shape index (κ3) is 4.74. The summed E-state index contributed by atoms with van der Waals surface area (Å²) in [5.41, 5.74) is 0. The Morgan fingerprint density at radius 1 is 0.500 bits per heavy atom. The van der Waals surface area contributed by atoms with E-state index in [1.165, 1.54) is 0 Å². The molecule has 0 saturated carbocycles. The van der Waals surface area contributed by atoms with Crippen LogP contribution < -0.4 is 15.6 Å². The van der Waals surface area contributed by atoms with E-state index in [9.17, 15) is 14.4 Å². The van der Waals surface area contributed by atoms with Gasteiger partial charge in [0.2, 0.25) is 0 Å². The summed E-state index contributed by atoms with van der Waals surface area (Å²) in [6.07, 6.45) is 0. The molecule has 0 aromatic heterocycles. The van der Waals surface area contributed by atoms with Gasteiger partial charge in [0.15, 0.2) is 0 Å². The van der Waals surface area contributed by atoms with E-state index in [1.54, 1.807) is 85.9 Å². The number of hydrogen-bond donors (Lipinski definition) is 3. The molecule has 5 nitrogen and oxygen atoms in total. The highest BCUT2D eigenvalue weighted by Gasteiger charge is 2.52. The van der Waals surface area contributed by atoms with E-state index in [0.717, 1.165) is 0 Å². The summed E-state index contributed by atoms with van der Waals surface area (Å²) in [6.45, 7) is 3.18. The molecular weight excluding hydrogens is 404 g/mol. The second kappa shape index (κ2) is 8.23. The van der Waals surface area contributed by atoms with Crippen LogP contribution in [-0.2, 0) is 8.23 Å². The molecule has 28 heavy (non-hydrogen) atoms. The molecule has 0 aliphatic heterocycles. The van der Waals surface area contributed by atoms with Gasteiger partial charge in [-0.3, -0.25) is 0 Å². The van der Waals surface area contributed by atoms with Gasteiger partial charge in [0.25, 0.3) is 0 Å². The van der Waals surface area contributed by atoms with Gasteiger partial charge >= 0.3 is 25.9 Å². The normalized spacial score (nSPS) is 17.9. The number of rotatable bonds is 7. The van der Waals surface area contributed by atoms with Crippen LogP contribution in [-0.4, -0.2) is 40.3 Å². The van der Waals surface area contributed by atoms with E-state index in [-0.39, 0.29) is 0 Å². The Hall–Kier alpha value is -1.89. The van der Waals surface area contributed by atoms with Crippen LogP contribution in [0.5, 0.6) is 0 Å². The maximum absolute atomic E-state index is 11.5. The molecule has 2 atom stereocenters. The average Bonchev–Trinajstić information content (AvgIpc) is 2.69. The van der Waals surface area contributed by atoms with Crippen molar-refractivity contribution in [3.63, 3.8) is 0 Å². The van der Waals surface area contributed by atoms with Gasteiger partial charge in [0.05, 0.1) is 0 Å². The highest BCUT2D eigenvalue weighted by molar-refractivity contribution is 6.94. The molecule has 8 heteroatoms. The lowest BCUT2D eigenvalue weighted by atomic mass is 10.4. The summed E-state index contributed by atoms with van der Waals surface area (Å²) in [7, 11) is -11.1. The van der Waals surface area contributed by atoms with Gasteiger partial charge in [-0.05, 0) is 23.5 Å². The molecule has 0 aliphatic carbocycles. The lowest BCUT2D eigenvalue weighted by Crippen LogP contribution is -2.69. The van der Waals surface area contributed by atoms with Crippen molar-refractivity contribution in [2.75, 3.05) is 0 Å². The Kier molecular flexibility index (Phi) is 6.13. The van der Waals surface area contributed by atoms with Crippen LogP contribution in [0.15, 0.2) is 91.0 Å². The lowest BCUT2D eigenvalue weighted by Gasteiger charge is -2.36. The zero-order chi connectivity index (χ0) is 20.3. The van der Waals surface area contributed by atoms with Crippen LogP contribution in [0.1, 0.15) is 0 Å². The van der Waals surface area contributed by atoms with Crippen LogP contribution >= 0.6 is 0 Å². The molecule has 3 rings (SSSR count). The minimum atomic E-state index is -4.14. The quantitative estimate of drug-likeness (QED) is 0.485. The molecule has 2 unspecified atom stereocenters. The summed E-state index contributed by atoms with van der Waals surface area (Å²) in [4.78, 5) is 33.7. The smallest absolute Gasteiger partial charge is 0.408 e. The van der Waals surface area contributed by atoms with Gasteiger partial charge < -0.3 is 22.6 Å². The van der Waals surface area contributed by atoms with Crippen LogP contribution in [0.25, 0.3) is 0 Å². The zero-order valence-electron chi connectivity index (χ0n) is 15.8. The van der Waals surface area contributed by atoms with Gasteiger partial charge in [0.1, 0.15) is 0 Å². The third-order valence-corrected chi connectivity index (χ3v) is 13.7. The van der Waals surface area contributed by atoms with E-state index in [0.29, 0.717) is 15.6 Å². The molecule has 0 bridgehead atoms. The van der Waals surface area contributed by atoms with Crippen molar-refractivity contribution in [3.05, 3.63) is 91.0 Å². The van der Waals surface area contributed by atoms with Crippen molar-refractivity contribution in [3.8, 4) is 0 Å². The minimum absolute atomic E-state index is 0.433. The molecule has 0 heterocycles. The van der Waals surface area contributed by atoms with E-state index < -0.39 is 25.9 Å². The molecule has 0 aliphatic rings. The molecule has 0 saturated heterocycles. The Bertz CT molecular complexity index is 836. The second-order valence-electron chi connectivity index (χ2n) is 6.85. The first kappa shape index (κ1) is 20.8.